The highest BCUT2D eigenvalue weighted by molar-refractivity contribution is 5.43. The summed E-state index contributed by atoms with van der Waals surface area (Å²) in [6, 6.07) is 7.65. The average Bonchev–Trinajstić information content (AvgIpc) is 2.20. The van der Waals surface area contributed by atoms with Crippen LogP contribution in [0.5, 0.6) is 11.5 Å². The van der Waals surface area contributed by atoms with Gasteiger partial charge in [0.25, 0.3) is 0 Å². The van der Waals surface area contributed by atoms with E-state index in [9.17, 15) is 0 Å². The van der Waals surface area contributed by atoms with Gasteiger partial charge in [0.05, 0.1) is 25.7 Å². The maximum Gasteiger partial charge on any atom is 0.161 e. The van der Waals surface area contributed by atoms with E-state index in [0.29, 0.717) is 17.9 Å². The fraction of sp³-hybridized carbons (Fsp3) is 0.417. The first-order chi connectivity index (χ1) is 7.17. The van der Waals surface area contributed by atoms with E-state index in [4.69, 9.17) is 14.7 Å². The fourth-order valence-corrected chi connectivity index (χ4v) is 1.26. The molecule has 15 heavy (non-hydrogen) atoms. The third-order valence-corrected chi connectivity index (χ3v) is 1.87. The van der Waals surface area contributed by atoms with Crippen molar-refractivity contribution in [1.29, 1.82) is 5.26 Å². The van der Waals surface area contributed by atoms with Crippen molar-refractivity contribution >= 4 is 0 Å². The van der Waals surface area contributed by atoms with Crippen LogP contribution >= 0.6 is 0 Å². The van der Waals surface area contributed by atoms with Gasteiger partial charge in [0.1, 0.15) is 0 Å². The summed E-state index contributed by atoms with van der Waals surface area (Å²) in [7, 11) is 1.60. The molecule has 1 aromatic rings. The van der Waals surface area contributed by atoms with Crippen molar-refractivity contribution in [1.82, 2.24) is 0 Å². The van der Waals surface area contributed by atoms with Gasteiger partial charge in [-0.3, -0.25) is 0 Å². The van der Waals surface area contributed by atoms with Crippen molar-refractivity contribution in [3.05, 3.63) is 23.8 Å². The Hall–Kier alpha value is -1.69. The molecule has 0 aliphatic rings. The third-order valence-electron chi connectivity index (χ3n) is 1.87. The molecule has 80 valence electrons. The molecule has 0 spiro atoms. The van der Waals surface area contributed by atoms with E-state index in [-0.39, 0.29) is 6.10 Å². The number of rotatable bonds is 4. The molecule has 0 amide bonds. The van der Waals surface area contributed by atoms with E-state index in [0.717, 1.165) is 5.56 Å². The molecule has 0 aliphatic heterocycles. The number of nitriles is 1. The second-order valence-corrected chi connectivity index (χ2v) is 3.49. The number of benzene rings is 1. The zero-order valence-corrected chi connectivity index (χ0v) is 9.28. The molecule has 3 nitrogen and oxygen atoms in total. The first-order valence-corrected chi connectivity index (χ1v) is 4.88. The molecular weight excluding hydrogens is 190 g/mol. The summed E-state index contributed by atoms with van der Waals surface area (Å²) >= 11 is 0. The van der Waals surface area contributed by atoms with Crippen molar-refractivity contribution in [2.75, 3.05) is 7.11 Å². The number of hydrogen-bond acceptors (Lipinski definition) is 3. The second kappa shape index (κ2) is 5.26. The van der Waals surface area contributed by atoms with Crippen LogP contribution in [0.4, 0.5) is 0 Å². The Morgan fingerprint density at radius 1 is 1.33 bits per heavy atom. The summed E-state index contributed by atoms with van der Waals surface area (Å²) in [6.07, 6.45) is 0.499. The van der Waals surface area contributed by atoms with E-state index in [1.807, 2.05) is 32.0 Å². The number of methoxy groups -OCH3 is 1. The third kappa shape index (κ3) is 3.17. The molecule has 0 radical (unpaired) electrons. The molecule has 3 heteroatoms. The summed E-state index contributed by atoms with van der Waals surface area (Å²) in [5, 5.41) is 8.58. The Labute approximate surface area is 90.2 Å². The van der Waals surface area contributed by atoms with Gasteiger partial charge in [-0.25, -0.2) is 0 Å². The van der Waals surface area contributed by atoms with Gasteiger partial charge in [-0.2, -0.15) is 5.26 Å². The predicted molar refractivity (Wildman–Crippen MR) is 58.1 cm³/mol. The van der Waals surface area contributed by atoms with Crippen LogP contribution in [0.15, 0.2) is 18.2 Å². The molecule has 0 unspecified atom stereocenters. The predicted octanol–water partition coefficient (Wildman–Crippen LogP) is 2.55. The highest BCUT2D eigenvalue weighted by Gasteiger charge is 2.06. The van der Waals surface area contributed by atoms with Crippen LogP contribution in [0.2, 0.25) is 0 Å². The lowest BCUT2D eigenvalue weighted by atomic mass is 10.1. The Morgan fingerprint density at radius 3 is 2.60 bits per heavy atom. The molecule has 0 fully saturated rings. The summed E-state index contributed by atoms with van der Waals surface area (Å²) in [4.78, 5) is 0. The Balaban J connectivity index is 2.94. The minimum atomic E-state index is 0.112. The first-order valence-electron chi connectivity index (χ1n) is 4.88. The molecule has 0 bridgehead atoms. The van der Waals surface area contributed by atoms with E-state index < -0.39 is 0 Å². The van der Waals surface area contributed by atoms with Crippen LogP contribution in [0.3, 0.4) is 0 Å². The van der Waals surface area contributed by atoms with Crippen LogP contribution < -0.4 is 9.47 Å². The maximum atomic E-state index is 8.58. The van der Waals surface area contributed by atoms with Crippen LogP contribution in [0.1, 0.15) is 19.4 Å². The zero-order chi connectivity index (χ0) is 11.3. The normalized spacial score (nSPS) is 9.80. The molecule has 0 saturated carbocycles. The molecule has 1 rings (SSSR count). The van der Waals surface area contributed by atoms with Gasteiger partial charge >= 0.3 is 0 Å². The summed E-state index contributed by atoms with van der Waals surface area (Å²) in [6.45, 7) is 3.92. The summed E-state index contributed by atoms with van der Waals surface area (Å²) < 4.78 is 10.8. The minimum Gasteiger partial charge on any atom is -0.493 e. The van der Waals surface area contributed by atoms with E-state index in [1.165, 1.54) is 0 Å². The van der Waals surface area contributed by atoms with Crippen molar-refractivity contribution in [2.45, 2.75) is 26.4 Å². The summed E-state index contributed by atoms with van der Waals surface area (Å²) in [5.41, 5.74) is 0.936. The van der Waals surface area contributed by atoms with Crippen LogP contribution in [-0.4, -0.2) is 13.2 Å². The molecule has 0 aromatic heterocycles. The Bertz CT molecular complexity index is 366. The average molecular weight is 205 g/mol. The maximum absolute atomic E-state index is 8.58. The van der Waals surface area contributed by atoms with E-state index >= 15 is 0 Å². The Morgan fingerprint density at radius 2 is 2.07 bits per heavy atom. The molecule has 0 saturated heterocycles. The van der Waals surface area contributed by atoms with Gasteiger partial charge in [-0.05, 0) is 31.5 Å². The van der Waals surface area contributed by atoms with Gasteiger partial charge in [0.2, 0.25) is 0 Å². The van der Waals surface area contributed by atoms with Crippen molar-refractivity contribution in [2.24, 2.45) is 0 Å². The number of ether oxygens (including phenoxy) is 2. The van der Waals surface area contributed by atoms with Crippen LogP contribution in [0.25, 0.3) is 0 Å². The molecule has 1 aromatic carbocycles. The zero-order valence-electron chi connectivity index (χ0n) is 9.28. The SMILES string of the molecule is COc1cc(CC#N)ccc1OC(C)C. The van der Waals surface area contributed by atoms with Crippen LogP contribution in [0, 0.1) is 11.3 Å². The monoisotopic (exact) mass is 205 g/mol. The highest BCUT2D eigenvalue weighted by Crippen LogP contribution is 2.28. The smallest absolute Gasteiger partial charge is 0.161 e. The highest BCUT2D eigenvalue weighted by atomic mass is 16.5. The van der Waals surface area contributed by atoms with Crippen molar-refractivity contribution in [3.63, 3.8) is 0 Å². The largest absolute Gasteiger partial charge is 0.493 e. The van der Waals surface area contributed by atoms with Crippen LogP contribution in [-0.2, 0) is 6.42 Å². The lowest BCUT2D eigenvalue weighted by Gasteiger charge is -2.13. The van der Waals surface area contributed by atoms with Gasteiger partial charge in [0.15, 0.2) is 11.5 Å². The number of nitrogens with zero attached hydrogens (tertiary/aromatic N) is 1. The lowest BCUT2D eigenvalue weighted by Crippen LogP contribution is -2.06. The fourth-order valence-electron chi connectivity index (χ4n) is 1.26. The Kier molecular flexibility index (Phi) is 3.99. The van der Waals surface area contributed by atoms with E-state index in [2.05, 4.69) is 6.07 Å². The molecule has 0 aliphatic carbocycles. The quantitative estimate of drug-likeness (QED) is 0.758. The van der Waals surface area contributed by atoms with Crippen molar-refractivity contribution in [3.8, 4) is 17.6 Å². The van der Waals surface area contributed by atoms with E-state index in [1.54, 1.807) is 7.11 Å². The lowest BCUT2D eigenvalue weighted by molar-refractivity contribution is 0.230. The molecule has 0 heterocycles. The topological polar surface area (TPSA) is 42.2 Å². The van der Waals surface area contributed by atoms with Gasteiger partial charge in [-0.1, -0.05) is 6.07 Å². The summed E-state index contributed by atoms with van der Waals surface area (Å²) in [5.74, 6) is 1.39. The van der Waals surface area contributed by atoms with Gasteiger partial charge in [0, 0.05) is 0 Å². The van der Waals surface area contributed by atoms with Gasteiger partial charge in [-0.15, -0.1) is 0 Å². The molecule has 0 N–H and O–H groups in total. The standard InChI is InChI=1S/C12H15NO2/c1-9(2)15-11-5-4-10(6-7-13)8-12(11)14-3/h4-5,8-9H,6H2,1-3H3. The molecule has 0 atom stereocenters. The van der Waals surface area contributed by atoms with Gasteiger partial charge < -0.3 is 9.47 Å². The van der Waals surface area contributed by atoms with Crippen molar-refractivity contribution < 1.29 is 9.47 Å². The first kappa shape index (κ1) is 11.4. The number of hydrogen-bond donors (Lipinski definition) is 0. The second-order valence-electron chi connectivity index (χ2n) is 3.49. The molecular formula is C12H15NO2. The minimum absolute atomic E-state index is 0.112.